The van der Waals surface area contributed by atoms with Crippen molar-refractivity contribution < 1.29 is 4.74 Å². The Kier molecular flexibility index (Phi) is 4.68. The van der Waals surface area contributed by atoms with Crippen molar-refractivity contribution in [1.82, 2.24) is 0 Å². The minimum Gasteiger partial charge on any atom is -0.497 e. The third-order valence-corrected chi connectivity index (χ3v) is 4.04. The van der Waals surface area contributed by atoms with Crippen LogP contribution < -0.4 is 15.8 Å². The van der Waals surface area contributed by atoms with Crippen molar-refractivity contribution in [2.75, 3.05) is 18.2 Å². The Hall–Kier alpha value is -1.68. The molecule has 1 unspecified atom stereocenters. The molecular formula is C15H20N2OS. The third kappa shape index (κ3) is 3.41. The summed E-state index contributed by atoms with van der Waals surface area (Å²) in [5.41, 5.74) is 7.74. The fraction of sp³-hybridized carbons (Fsp3) is 0.333. The minimum absolute atomic E-state index is 0.320. The fourth-order valence-electron chi connectivity index (χ4n) is 2.05. The third-order valence-electron chi connectivity index (χ3n) is 3.05. The van der Waals surface area contributed by atoms with E-state index >= 15 is 0 Å². The van der Waals surface area contributed by atoms with Crippen LogP contribution in [0.25, 0.3) is 0 Å². The van der Waals surface area contributed by atoms with Crippen molar-refractivity contribution in [3.63, 3.8) is 0 Å². The van der Waals surface area contributed by atoms with Crippen molar-refractivity contribution in [1.29, 1.82) is 0 Å². The predicted octanol–water partition coefficient (Wildman–Crippen LogP) is 4.29. The van der Waals surface area contributed by atoms with Gasteiger partial charge in [-0.25, -0.2) is 0 Å². The first-order chi connectivity index (χ1) is 9.24. The molecule has 0 saturated carbocycles. The summed E-state index contributed by atoms with van der Waals surface area (Å²) in [7, 11) is 1.65. The smallest absolute Gasteiger partial charge is 0.121 e. The molecule has 0 aliphatic rings. The van der Waals surface area contributed by atoms with E-state index in [9.17, 15) is 0 Å². The Bertz CT molecular complexity index is 511. The molecule has 1 atom stereocenters. The number of nitrogens with two attached hydrogens (primary N) is 1. The monoisotopic (exact) mass is 276 g/mol. The van der Waals surface area contributed by atoms with Gasteiger partial charge in [0.05, 0.1) is 24.5 Å². The van der Waals surface area contributed by atoms with Gasteiger partial charge in [0.15, 0.2) is 0 Å². The van der Waals surface area contributed by atoms with Gasteiger partial charge in [-0.1, -0.05) is 19.4 Å². The highest BCUT2D eigenvalue weighted by Gasteiger charge is 2.13. The first kappa shape index (κ1) is 13.7. The number of methoxy groups -OCH3 is 1. The Balaban J connectivity index is 2.17. The second-order valence-corrected chi connectivity index (χ2v) is 5.43. The largest absolute Gasteiger partial charge is 0.497 e. The number of rotatable bonds is 6. The summed E-state index contributed by atoms with van der Waals surface area (Å²) in [4.78, 5) is 1.34. The van der Waals surface area contributed by atoms with Crippen LogP contribution in [-0.2, 0) is 0 Å². The lowest BCUT2D eigenvalue weighted by atomic mass is 10.1. The standard InChI is InChI=1S/C15H20N2OS/c1-3-5-14(15-6-4-9-19-15)17-13-8-7-11(18-2)10-12(13)16/h4,6-10,14,17H,3,5,16H2,1-2H3. The molecule has 0 amide bonds. The Morgan fingerprint density at radius 2 is 2.21 bits per heavy atom. The zero-order chi connectivity index (χ0) is 13.7. The molecule has 19 heavy (non-hydrogen) atoms. The van der Waals surface area contributed by atoms with Gasteiger partial charge in [0.25, 0.3) is 0 Å². The van der Waals surface area contributed by atoms with Gasteiger partial charge in [0.2, 0.25) is 0 Å². The summed E-state index contributed by atoms with van der Waals surface area (Å²) in [5.74, 6) is 0.784. The van der Waals surface area contributed by atoms with E-state index < -0.39 is 0 Å². The van der Waals surface area contributed by atoms with Crippen LogP contribution in [0.1, 0.15) is 30.7 Å². The summed E-state index contributed by atoms with van der Waals surface area (Å²) in [5, 5.41) is 5.64. The molecule has 0 radical (unpaired) electrons. The molecule has 102 valence electrons. The lowest BCUT2D eigenvalue weighted by Crippen LogP contribution is -2.10. The molecule has 0 saturated heterocycles. The zero-order valence-electron chi connectivity index (χ0n) is 11.3. The molecule has 0 aliphatic carbocycles. The van der Waals surface area contributed by atoms with Gasteiger partial charge in [-0.3, -0.25) is 0 Å². The van der Waals surface area contributed by atoms with Crippen molar-refractivity contribution in [2.45, 2.75) is 25.8 Å². The van der Waals surface area contributed by atoms with Gasteiger partial charge in [0.1, 0.15) is 5.75 Å². The molecule has 0 bridgehead atoms. The predicted molar refractivity (Wildman–Crippen MR) is 83.0 cm³/mol. The molecule has 0 fully saturated rings. The lowest BCUT2D eigenvalue weighted by molar-refractivity contribution is 0.415. The van der Waals surface area contributed by atoms with Gasteiger partial charge in [-0.15, -0.1) is 11.3 Å². The number of benzene rings is 1. The molecule has 3 nitrogen and oxygen atoms in total. The Morgan fingerprint density at radius 1 is 1.37 bits per heavy atom. The number of hydrogen-bond acceptors (Lipinski definition) is 4. The first-order valence-corrected chi connectivity index (χ1v) is 7.36. The van der Waals surface area contributed by atoms with E-state index in [4.69, 9.17) is 10.5 Å². The van der Waals surface area contributed by atoms with Crippen LogP contribution in [0, 0.1) is 0 Å². The van der Waals surface area contributed by atoms with E-state index in [1.165, 1.54) is 4.88 Å². The van der Waals surface area contributed by atoms with Crippen molar-refractivity contribution >= 4 is 22.7 Å². The number of nitrogens with one attached hydrogen (secondary N) is 1. The number of ether oxygens (including phenoxy) is 1. The quantitative estimate of drug-likeness (QED) is 0.774. The van der Waals surface area contributed by atoms with Gasteiger partial charge >= 0.3 is 0 Å². The van der Waals surface area contributed by atoms with Crippen LogP contribution in [0.15, 0.2) is 35.7 Å². The summed E-state index contributed by atoms with van der Waals surface area (Å²) in [6, 6.07) is 10.3. The summed E-state index contributed by atoms with van der Waals surface area (Å²) in [6.07, 6.45) is 2.22. The van der Waals surface area contributed by atoms with Gasteiger partial charge in [-0.05, 0) is 30.0 Å². The normalized spacial score (nSPS) is 12.1. The van der Waals surface area contributed by atoms with Crippen LogP contribution in [0.2, 0.25) is 0 Å². The summed E-state index contributed by atoms with van der Waals surface area (Å²) in [6.45, 7) is 2.19. The fourth-order valence-corrected chi connectivity index (χ4v) is 2.86. The van der Waals surface area contributed by atoms with Crippen LogP contribution >= 0.6 is 11.3 Å². The van der Waals surface area contributed by atoms with E-state index in [1.54, 1.807) is 18.4 Å². The molecule has 2 aromatic rings. The topological polar surface area (TPSA) is 47.3 Å². The van der Waals surface area contributed by atoms with Crippen molar-refractivity contribution in [2.24, 2.45) is 0 Å². The van der Waals surface area contributed by atoms with E-state index in [2.05, 4.69) is 29.8 Å². The molecule has 0 spiro atoms. The van der Waals surface area contributed by atoms with Crippen LogP contribution in [0.4, 0.5) is 11.4 Å². The molecule has 1 aromatic heterocycles. The molecule has 3 N–H and O–H groups in total. The van der Waals surface area contributed by atoms with Gasteiger partial charge < -0.3 is 15.8 Å². The van der Waals surface area contributed by atoms with E-state index in [0.717, 1.165) is 30.0 Å². The average molecular weight is 276 g/mol. The van der Waals surface area contributed by atoms with Crippen molar-refractivity contribution in [3.8, 4) is 5.75 Å². The second kappa shape index (κ2) is 6.48. The summed E-state index contributed by atoms with van der Waals surface area (Å²) < 4.78 is 5.17. The van der Waals surface area contributed by atoms with Crippen molar-refractivity contribution in [3.05, 3.63) is 40.6 Å². The number of thiophene rings is 1. The maximum atomic E-state index is 6.06. The van der Waals surface area contributed by atoms with Gasteiger partial charge in [-0.2, -0.15) is 0 Å². The number of nitrogen functional groups attached to an aromatic ring is 1. The van der Waals surface area contributed by atoms with Crippen LogP contribution in [0.3, 0.4) is 0 Å². The Labute approximate surface area is 118 Å². The molecule has 1 aromatic carbocycles. The maximum absolute atomic E-state index is 6.06. The number of anilines is 2. The van der Waals surface area contributed by atoms with Gasteiger partial charge in [0, 0.05) is 10.9 Å². The van der Waals surface area contributed by atoms with E-state index in [0.29, 0.717) is 6.04 Å². The molecule has 1 heterocycles. The first-order valence-electron chi connectivity index (χ1n) is 6.48. The average Bonchev–Trinajstić information content (AvgIpc) is 2.94. The second-order valence-electron chi connectivity index (χ2n) is 4.45. The zero-order valence-corrected chi connectivity index (χ0v) is 12.2. The SMILES string of the molecule is CCCC(Nc1ccc(OC)cc1N)c1cccs1. The number of hydrogen-bond donors (Lipinski definition) is 2. The maximum Gasteiger partial charge on any atom is 0.121 e. The van der Waals surface area contributed by atoms with Crippen LogP contribution in [0.5, 0.6) is 5.75 Å². The Morgan fingerprint density at radius 3 is 2.79 bits per heavy atom. The molecule has 0 aliphatic heterocycles. The summed E-state index contributed by atoms with van der Waals surface area (Å²) >= 11 is 1.78. The van der Waals surface area contributed by atoms with E-state index in [-0.39, 0.29) is 0 Å². The highest BCUT2D eigenvalue weighted by molar-refractivity contribution is 7.10. The van der Waals surface area contributed by atoms with E-state index in [1.807, 2.05) is 18.2 Å². The molecule has 4 heteroatoms. The lowest BCUT2D eigenvalue weighted by Gasteiger charge is -2.19. The highest BCUT2D eigenvalue weighted by Crippen LogP contribution is 2.31. The molecule has 2 rings (SSSR count). The van der Waals surface area contributed by atoms with Crippen LogP contribution in [-0.4, -0.2) is 7.11 Å². The minimum atomic E-state index is 0.320. The highest BCUT2D eigenvalue weighted by atomic mass is 32.1. The molecular weight excluding hydrogens is 256 g/mol.